The Bertz CT molecular complexity index is 76.2. The summed E-state index contributed by atoms with van der Waals surface area (Å²) in [4.78, 5) is 8.78. The fourth-order valence-electron chi connectivity index (χ4n) is 0. The normalized spacial score (nSPS) is 11.5. The minimum Gasteiger partial charge on any atom is -0.465 e. The molecule has 6 heteroatoms. The van der Waals surface area contributed by atoms with Crippen molar-refractivity contribution in [3.05, 3.63) is 0 Å². The summed E-state index contributed by atoms with van der Waals surface area (Å²) in [6, 6.07) is 0. The summed E-state index contributed by atoms with van der Waals surface area (Å²) in [5, 5.41) is 22.4. The van der Waals surface area contributed by atoms with E-state index in [-0.39, 0.29) is 13.2 Å². The lowest BCUT2D eigenvalue weighted by molar-refractivity contribution is 0.186. The molecule has 5 N–H and O–H groups in total. The van der Waals surface area contributed by atoms with Crippen LogP contribution in [0.4, 0.5) is 4.79 Å². The minimum absolute atomic E-state index is 0.125. The first kappa shape index (κ1) is 12.8. The minimum atomic E-state index is -1.33. The van der Waals surface area contributed by atoms with Gasteiger partial charge in [0.15, 0.2) is 0 Å². The zero-order valence-corrected chi connectivity index (χ0v) is 6.06. The smallest absolute Gasteiger partial charge is 0.402 e. The van der Waals surface area contributed by atoms with Gasteiger partial charge in [-0.15, -0.1) is 0 Å². The predicted octanol–water partition coefficient (Wildman–Crippen LogP) is -1.39. The lowest BCUT2D eigenvalue weighted by Gasteiger charge is -1.70. The predicted molar refractivity (Wildman–Crippen MR) is 37.2 cm³/mol. The van der Waals surface area contributed by atoms with Gasteiger partial charge in [-0.25, -0.2) is 4.79 Å². The second-order valence-electron chi connectivity index (χ2n) is 1.40. The number of hydrogen-bond donors (Lipinski definition) is 4. The highest BCUT2D eigenvalue weighted by atomic mass is 16.6. The van der Waals surface area contributed by atoms with Crippen LogP contribution in [0.25, 0.3) is 0 Å². The molecule has 0 aliphatic carbocycles. The summed E-state index contributed by atoms with van der Waals surface area (Å²) in [6.45, 7) is 1.75. The first-order chi connectivity index (χ1) is 5.15. The van der Waals surface area contributed by atoms with E-state index >= 15 is 0 Å². The van der Waals surface area contributed by atoms with Crippen molar-refractivity contribution in [2.75, 3.05) is 26.4 Å². The number of carbonyl (C=O) groups is 1. The van der Waals surface area contributed by atoms with E-state index in [2.05, 4.69) is 10.5 Å². The van der Waals surface area contributed by atoms with Gasteiger partial charge in [0.25, 0.3) is 0 Å². The molecule has 1 rings (SSSR count). The molecule has 0 spiro atoms. The molecular weight excluding hydrogens is 154 g/mol. The Morgan fingerprint density at radius 1 is 1.36 bits per heavy atom. The van der Waals surface area contributed by atoms with E-state index in [1.807, 2.05) is 0 Å². The van der Waals surface area contributed by atoms with Crippen LogP contribution < -0.4 is 5.73 Å². The average Bonchev–Trinajstić information content (AvgIpc) is 2.70. The van der Waals surface area contributed by atoms with Crippen LogP contribution >= 0.6 is 0 Å². The Labute approximate surface area is 64.2 Å². The fraction of sp³-hybridized carbons (Fsp3) is 0.800. The van der Waals surface area contributed by atoms with E-state index in [0.29, 0.717) is 0 Å². The molecule has 0 unspecified atom stereocenters. The summed E-state index contributed by atoms with van der Waals surface area (Å²) in [6.07, 6.45) is -1.33. The van der Waals surface area contributed by atoms with E-state index in [4.69, 9.17) is 20.1 Å². The topological polar surface area (TPSA) is 116 Å². The summed E-state index contributed by atoms with van der Waals surface area (Å²) >= 11 is 0. The summed E-state index contributed by atoms with van der Waals surface area (Å²) in [7, 11) is 0. The third-order valence-electron chi connectivity index (χ3n) is 0.304. The number of amides is 1. The van der Waals surface area contributed by atoms with Gasteiger partial charge in [0.2, 0.25) is 0 Å². The van der Waals surface area contributed by atoms with Gasteiger partial charge in [0.1, 0.15) is 0 Å². The van der Waals surface area contributed by atoms with Gasteiger partial charge in [-0.1, -0.05) is 0 Å². The van der Waals surface area contributed by atoms with Crippen molar-refractivity contribution in [1.82, 2.24) is 0 Å². The molecule has 0 atom stereocenters. The van der Waals surface area contributed by atoms with Crippen LogP contribution in [0.3, 0.4) is 0 Å². The van der Waals surface area contributed by atoms with E-state index < -0.39 is 6.09 Å². The first-order valence-electron chi connectivity index (χ1n) is 2.93. The maximum absolute atomic E-state index is 8.78. The number of primary amides is 1. The fourth-order valence-corrected chi connectivity index (χ4v) is 0. The Kier molecular flexibility index (Phi) is 13.8. The van der Waals surface area contributed by atoms with E-state index in [0.717, 1.165) is 13.2 Å². The van der Waals surface area contributed by atoms with Crippen molar-refractivity contribution in [1.29, 1.82) is 0 Å². The van der Waals surface area contributed by atoms with Crippen LogP contribution in [-0.2, 0) is 4.74 Å². The van der Waals surface area contributed by atoms with Gasteiger partial charge in [-0.05, 0) is 0 Å². The number of nitrogens with two attached hydrogens (primary N) is 1. The Balaban J connectivity index is 0. The molecular formula is C5H13NO5. The zero-order valence-electron chi connectivity index (χ0n) is 6.06. The molecule has 0 aromatic rings. The highest BCUT2D eigenvalue weighted by Gasteiger charge is 1.94. The number of ether oxygens (including phenoxy) is 1. The number of carboxylic acid groups (broad SMARTS) is 1. The zero-order chi connectivity index (χ0) is 9.11. The molecule has 1 aliphatic heterocycles. The number of aliphatic hydroxyl groups excluding tert-OH is 2. The monoisotopic (exact) mass is 167 g/mol. The molecule has 0 radical (unpaired) electrons. The van der Waals surface area contributed by atoms with Crippen LogP contribution in [-0.4, -0.2) is 47.8 Å². The molecule has 0 bridgehead atoms. The van der Waals surface area contributed by atoms with Crippen molar-refractivity contribution in [3.63, 3.8) is 0 Å². The average molecular weight is 167 g/mol. The van der Waals surface area contributed by atoms with Gasteiger partial charge in [0.05, 0.1) is 26.4 Å². The standard InChI is InChI=1S/C2H6O2.C2H4O.CH3NO2/c3-1-2-4;1-2-3-1;2-1(3)4/h3-4H,1-2H2;1-2H2;2H2,(H,3,4). The van der Waals surface area contributed by atoms with Crippen LogP contribution in [0.1, 0.15) is 0 Å². The number of epoxide rings is 1. The van der Waals surface area contributed by atoms with Crippen molar-refractivity contribution in [2.45, 2.75) is 0 Å². The SMILES string of the molecule is C1CO1.NC(=O)O.OCCO. The van der Waals surface area contributed by atoms with Crippen LogP contribution in [0, 0.1) is 0 Å². The highest BCUT2D eigenvalue weighted by molar-refractivity contribution is 5.61. The van der Waals surface area contributed by atoms with Gasteiger partial charge in [0, 0.05) is 0 Å². The van der Waals surface area contributed by atoms with Crippen LogP contribution in [0.15, 0.2) is 0 Å². The Hall–Kier alpha value is -0.850. The molecule has 1 aliphatic rings. The lowest BCUT2D eigenvalue weighted by Crippen LogP contribution is -2.03. The maximum Gasteiger partial charge on any atom is 0.402 e. The molecule has 11 heavy (non-hydrogen) atoms. The Morgan fingerprint density at radius 3 is 1.55 bits per heavy atom. The van der Waals surface area contributed by atoms with Gasteiger partial charge in [-0.3, -0.25) is 0 Å². The maximum atomic E-state index is 8.78. The van der Waals surface area contributed by atoms with E-state index in [1.54, 1.807) is 0 Å². The quantitative estimate of drug-likeness (QED) is 0.359. The van der Waals surface area contributed by atoms with Gasteiger partial charge >= 0.3 is 6.09 Å². The molecule has 6 nitrogen and oxygen atoms in total. The molecule has 0 aromatic carbocycles. The molecule has 1 amide bonds. The van der Waals surface area contributed by atoms with Crippen molar-refractivity contribution in [3.8, 4) is 0 Å². The lowest BCUT2D eigenvalue weighted by atomic mass is 10.8. The molecule has 1 fully saturated rings. The van der Waals surface area contributed by atoms with E-state index in [9.17, 15) is 0 Å². The molecule has 0 saturated carbocycles. The van der Waals surface area contributed by atoms with Crippen molar-refractivity contribution >= 4 is 6.09 Å². The summed E-state index contributed by atoms with van der Waals surface area (Å²) < 4.78 is 4.50. The van der Waals surface area contributed by atoms with Crippen molar-refractivity contribution < 1.29 is 24.9 Å². The molecule has 0 aromatic heterocycles. The second-order valence-corrected chi connectivity index (χ2v) is 1.40. The van der Waals surface area contributed by atoms with Crippen LogP contribution in [0.2, 0.25) is 0 Å². The largest absolute Gasteiger partial charge is 0.465 e. The summed E-state index contributed by atoms with van der Waals surface area (Å²) in [5.41, 5.74) is 4.03. The summed E-state index contributed by atoms with van der Waals surface area (Å²) in [5.74, 6) is 0. The third-order valence-corrected chi connectivity index (χ3v) is 0.304. The molecule has 1 saturated heterocycles. The Morgan fingerprint density at radius 2 is 1.55 bits per heavy atom. The van der Waals surface area contributed by atoms with E-state index in [1.165, 1.54) is 0 Å². The number of hydrogen-bond acceptors (Lipinski definition) is 4. The van der Waals surface area contributed by atoms with Crippen molar-refractivity contribution in [2.24, 2.45) is 5.73 Å². The van der Waals surface area contributed by atoms with Crippen LogP contribution in [0.5, 0.6) is 0 Å². The second kappa shape index (κ2) is 11.9. The molecule has 68 valence electrons. The first-order valence-corrected chi connectivity index (χ1v) is 2.93. The number of aliphatic hydroxyl groups is 2. The number of rotatable bonds is 1. The third kappa shape index (κ3) is 354. The molecule has 1 heterocycles. The van der Waals surface area contributed by atoms with Gasteiger partial charge < -0.3 is 25.8 Å². The highest BCUT2D eigenvalue weighted by Crippen LogP contribution is 1.84. The van der Waals surface area contributed by atoms with Gasteiger partial charge in [-0.2, -0.15) is 0 Å².